The zero-order valence-electron chi connectivity index (χ0n) is 8.53. The first-order valence-corrected chi connectivity index (χ1v) is 5.17. The van der Waals surface area contributed by atoms with Crippen LogP contribution in [0.15, 0.2) is 4.99 Å². The maximum absolute atomic E-state index is 5.80. The molecule has 2 aliphatic rings. The van der Waals surface area contributed by atoms with Gasteiger partial charge in [0.25, 0.3) is 0 Å². The second-order valence-electron chi connectivity index (χ2n) is 4.43. The van der Waals surface area contributed by atoms with Crippen LogP contribution in [0.4, 0.5) is 0 Å². The number of hydrogen-bond acceptors (Lipinski definition) is 1. The number of rotatable bonds is 1. The molecule has 0 amide bonds. The van der Waals surface area contributed by atoms with E-state index in [1.165, 1.54) is 25.7 Å². The maximum atomic E-state index is 5.80. The summed E-state index contributed by atoms with van der Waals surface area (Å²) in [6.45, 7) is 0. The molecule has 13 heavy (non-hydrogen) atoms. The third kappa shape index (κ3) is 1.40. The lowest BCUT2D eigenvalue weighted by molar-refractivity contribution is 0.256. The molecule has 0 aromatic carbocycles. The summed E-state index contributed by atoms with van der Waals surface area (Å²) < 4.78 is 0. The average Bonchev–Trinajstić information content (AvgIpc) is 2.76. The van der Waals surface area contributed by atoms with Gasteiger partial charge in [-0.1, -0.05) is 6.42 Å². The summed E-state index contributed by atoms with van der Waals surface area (Å²) in [6.07, 6.45) is 5.60. The largest absolute Gasteiger partial charge is 0.370 e. The van der Waals surface area contributed by atoms with E-state index in [1.807, 2.05) is 0 Å². The Kier molecular flexibility index (Phi) is 2.18. The Morgan fingerprint density at radius 1 is 1.38 bits per heavy atom. The fraction of sp³-hybridized carbons (Fsp3) is 0.900. The zero-order chi connectivity index (χ0) is 9.42. The number of guanidine groups is 1. The molecule has 2 saturated carbocycles. The Morgan fingerprint density at radius 3 is 2.62 bits per heavy atom. The topological polar surface area (TPSA) is 41.6 Å². The van der Waals surface area contributed by atoms with E-state index in [1.54, 1.807) is 7.05 Å². The molecule has 0 radical (unpaired) electrons. The fourth-order valence-electron chi connectivity index (χ4n) is 3.01. The van der Waals surface area contributed by atoms with Crippen molar-refractivity contribution in [2.45, 2.75) is 31.7 Å². The highest BCUT2D eigenvalue weighted by Gasteiger charge is 2.41. The molecule has 3 heteroatoms. The third-order valence-corrected chi connectivity index (χ3v) is 3.79. The molecular formula is C10H19N3. The van der Waals surface area contributed by atoms with Gasteiger partial charge in [-0.25, -0.2) is 0 Å². The number of nitrogens with zero attached hydrogens (tertiary/aromatic N) is 2. The summed E-state index contributed by atoms with van der Waals surface area (Å²) in [5.41, 5.74) is 5.80. The van der Waals surface area contributed by atoms with Gasteiger partial charge in [-0.3, -0.25) is 4.99 Å². The molecule has 2 bridgehead atoms. The van der Waals surface area contributed by atoms with Crippen molar-refractivity contribution in [3.8, 4) is 0 Å². The van der Waals surface area contributed by atoms with Crippen molar-refractivity contribution in [1.82, 2.24) is 4.90 Å². The van der Waals surface area contributed by atoms with Crippen LogP contribution in [0.1, 0.15) is 25.7 Å². The molecule has 2 aliphatic carbocycles. The van der Waals surface area contributed by atoms with Crippen molar-refractivity contribution >= 4 is 5.96 Å². The Balaban J connectivity index is 2.02. The average molecular weight is 181 g/mol. The fourth-order valence-corrected chi connectivity index (χ4v) is 3.01. The van der Waals surface area contributed by atoms with Crippen LogP contribution >= 0.6 is 0 Å². The second-order valence-corrected chi connectivity index (χ2v) is 4.43. The summed E-state index contributed by atoms with van der Waals surface area (Å²) in [7, 11) is 3.84. The Hall–Kier alpha value is -0.730. The van der Waals surface area contributed by atoms with E-state index < -0.39 is 0 Å². The molecule has 74 valence electrons. The first kappa shape index (κ1) is 8.85. The van der Waals surface area contributed by atoms with Gasteiger partial charge >= 0.3 is 0 Å². The molecule has 0 aromatic heterocycles. The van der Waals surface area contributed by atoms with Crippen molar-refractivity contribution in [3.05, 3.63) is 0 Å². The summed E-state index contributed by atoms with van der Waals surface area (Å²) in [5.74, 6) is 2.55. The standard InChI is InChI=1S/C10H19N3/c1-12-10(11)13(2)9-6-7-3-4-8(9)5-7/h7-9H,3-6H2,1-2H3,(H2,11,12). The molecule has 0 heterocycles. The molecule has 0 saturated heterocycles. The molecular weight excluding hydrogens is 162 g/mol. The van der Waals surface area contributed by atoms with Crippen LogP contribution in [-0.4, -0.2) is 31.0 Å². The first-order valence-electron chi connectivity index (χ1n) is 5.17. The van der Waals surface area contributed by atoms with Gasteiger partial charge in [0.2, 0.25) is 0 Å². The summed E-state index contributed by atoms with van der Waals surface area (Å²) in [5, 5.41) is 0. The van der Waals surface area contributed by atoms with E-state index in [0.717, 1.165) is 11.8 Å². The van der Waals surface area contributed by atoms with Gasteiger partial charge < -0.3 is 10.6 Å². The van der Waals surface area contributed by atoms with Crippen LogP contribution in [0.2, 0.25) is 0 Å². The van der Waals surface area contributed by atoms with Crippen molar-refractivity contribution in [1.29, 1.82) is 0 Å². The van der Waals surface area contributed by atoms with Gasteiger partial charge in [-0.05, 0) is 31.1 Å². The van der Waals surface area contributed by atoms with Gasteiger partial charge in [0.15, 0.2) is 5.96 Å². The SMILES string of the molecule is CN=C(N)N(C)C1CC2CCC1C2. The lowest BCUT2D eigenvalue weighted by Crippen LogP contribution is -2.44. The van der Waals surface area contributed by atoms with E-state index in [0.29, 0.717) is 12.0 Å². The van der Waals surface area contributed by atoms with Crippen molar-refractivity contribution < 1.29 is 0 Å². The number of hydrogen-bond donors (Lipinski definition) is 1. The third-order valence-electron chi connectivity index (χ3n) is 3.79. The van der Waals surface area contributed by atoms with Gasteiger partial charge in [0.1, 0.15) is 0 Å². The van der Waals surface area contributed by atoms with Crippen molar-refractivity contribution in [2.75, 3.05) is 14.1 Å². The highest BCUT2D eigenvalue weighted by molar-refractivity contribution is 5.78. The number of nitrogens with two attached hydrogens (primary N) is 1. The van der Waals surface area contributed by atoms with Gasteiger partial charge in [0.05, 0.1) is 0 Å². The molecule has 0 aliphatic heterocycles. The predicted molar refractivity (Wildman–Crippen MR) is 54.5 cm³/mol. The van der Waals surface area contributed by atoms with E-state index in [-0.39, 0.29) is 0 Å². The van der Waals surface area contributed by atoms with Gasteiger partial charge in [-0.15, -0.1) is 0 Å². The Bertz CT molecular complexity index is 224. The monoisotopic (exact) mass is 181 g/mol. The Labute approximate surface area is 80.0 Å². The minimum absolute atomic E-state index is 0.669. The first-order chi connectivity index (χ1) is 6.22. The summed E-state index contributed by atoms with van der Waals surface area (Å²) in [6, 6.07) is 0.669. The minimum atomic E-state index is 0.669. The van der Waals surface area contributed by atoms with Crippen LogP contribution in [-0.2, 0) is 0 Å². The molecule has 0 aromatic rings. The summed E-state index contributed by atoms with van der Waals surface area (Å²) >= 11 is 0. The lowest BCUT2D eigenvalue weighted by Gasteiger charge is -2.32. The van der Waals surface area contributed by atoms with Crippen molar-refractivity contribution in [3.63, 3.8) is 0 Å². The molecule has 3 unspecified atom stereocenters. The molecule has 2 fully saturated rings. The lowest BCUT2D eigenvalue weighted by atomic mass is 9.94. The quantitative estimate of drug-likeness (QED) is 0.485. The number of aliphatic imine (C=N–C) groups is 1. The van der Waals surface area contributed by atoms with E-state index in [4.69, 9.17) is 5.73 Å². The Morgan fingerprint density at radius 2 is 2.15 bits per heavy atom. The van der Waals surface area contributed by atoms with E-state index in [9.17, 15) is 0 Å². The molecule has 2 N–H and O–H groups in total. The highest BCUT2D eigenvalue weighted by Crippen LogP contribution is 2.46. The van der Waals surface area contributed by atoms with Crippen LogP contribution in [0, 0.1) is 11.8 Å². The van der Waals surface area contributed by atoms with Crippen LogP contribution in [0.3, 0.4) is 0 Å². The predicted octanol–water partition coefficient (Wildman–Crippen LogP) is 1.05. The molecule has 3 nitrogen and oxygen atoms in total. The van der Waals surface area contributed by atoms with Crippen LogP contribution < -0.4 is 5.73 Å². The van der Waals surface area contributed by atoms with Crippen LogP contribution in [0.5, 0.6) is 0 Å². The second kappa shape index (κ2) is 3.20. The van der Waals surface area contributed by atoms with Gasteiger partial charge in [-0.2, -0.15) is 0 Å². The van der Waals surface area contributed by atoms with E-state index in [2.05, 4.69) is 16.9 Å². The molecule has 3 atom stereocenters. The van der Waals surface area contributed by atoms with Crippen molar-refractivity contribution in [2.24, 2.45) is 22.6 Å². The molecule has 2 rings (SSSR count). The highest BCUT2D eigenvalue weighted by atomic mass is 15.3. The van der Waals surface area contributed by atoms with E-state index >= 15 is 0 Å². The molecule has 0 spiro atoms. The van der Waals surface area contributed by atoms with Gasteiger partial charge in [0, 0.05) is 20.1 Å². The zero-order valence-corrected chi connectivity index (χ0v) is 8.53. The summed E-state index contributed by atoms with van der Waals surface area (Å²) in [4.78, 5) is 6.21. The minimum Gasteiger partial charge on any atom is -0.370 e. The van der Waals surface area contributed by atoms with Crippen LogP contribution in [0.25, 0.3) is 0 Å². The normalized spacial score (nSPS) is 38.3. The maximum Gasteiger partial charge on any atom is 0.190 e. The smallest absolute Gasteiger partial charge is 0.190 e. The number of fused-ring (bicyclic) bond motifs is 2.